The van der Waals surface area contributed by atoms with Crippen molar-refractivity contribution in [1.82, 2.24) is 9.78 Å². The molecular formula is C28H27N5O2. The Morgan fingerprint density at radius 1 is 1.11 bits per heavy atom. The van der Waals surface area contributed by atoms with Crippen molar-refractivity contribution in [3.05, 3.63) is 113 Å². The van der Waals surface area contributed by atoms with Gasteiger partial charge in [0.1, 0.15) is 11.5 Å². The lowest BCUT2D eigenvalue weighted by molar-refractivity contribution is -0.582. The normalized spacial score (nSPS) is 12.4. The molecule has 7 heteroatoms. The summed E-state index contributed by atoms with van der Waals surface area (Å²) < 4.78 is 4.03. The maximum atomic E-state index is 8.89. The number of nitrogen functional groups attached to an aromatic ring is 1. The van der Waals surface area contributed by atoms with Crippen molar-refractivity contribution in [2.75, 3.05) is 5.73 Å². The van der Waals surface area contributed by atoms with Crippen molar-refractivity contribution in [2.24, 2.45) is 4.99 Å². The zero-order chi connectivity index (χ0) is 24.8. The molecule has 0 atom stereocenters. The first-order valence-electron chi connectivity index (χ1n) is 11.3. The summed E-state index contributed by atoms with van der Waals surface area (Å²) in [6.45, 7) is 3.68. The summed E-state index contributed by atoms with van der Waals surface area (Å²) in [5.41, 5.74) is 14.2. The number of anilines is 1. The van der Waals surface area contributed by atoms with Gasteiger partial charge in [0.15, 0.2) is 11.9 Å². The molecule has 0 bridgehead atoms. The lowest BCUT2D eigenvalue weighted by atomic mass is 10.1. The number of carboxylic acid groups (broad SMARTS) is 1. The van der Waals surface area contributed by atoms with Crippen LogP contribution in [0.15, 0.2) is 95.8 Å². The summed E-state index contributed by atoms with van der Waals surface area (Å²) in [5.74, 6) is -0.512. The summed E-state index contributed by atoms with van der Waals surface area (Å²) in [7, 11) is 0. The van der Waals surface area contributed by atoms with Crippen LogP contribution in [0.2, 0.25) is 0 Å². The van der Waals surface area contributed by atoms with Gasteiger partial charge in [-0.1, -0.05) is 54.1 Å². The third-order valence-electron chi connectivity index (χ3n) is 5.58. The Balaban J connectivity index is 0.000000672. The Kier molecular flexibility index (Phi) is 7.16. The summed E-state index contributed by atoms with van der Waals surface area (Å²) in [4.78, 5) is 13.6. The standard InChI is InChI=1S/C26H24N5.C2H4O2/c1-19-10-12-20(13-11-19)18-31-26(27)24(17-29-31)28-16-22-15-23-9-5-6-14-30(23)25(22)21-7-3-2-4-8-21;1-2(3)4/h2-14,16-17H,15,18,27H2,1H3;1H3,(H,3,4)/q+1;/p-1. The maximum absolute atomic E-state index is 8.89. The first kappa shape index (κ1) is 23.6. The molecule has 0 spiro atoms. The van der Waals surface area contributed by atoms with Gasteiger partial charge in [-0.05, 0) is 31.5 Å². The zero-order valence-corrected chi connectivity index (χ0v) is 19.8. The number of pyridine rings is 1. The van der Waals surface area contributed by atoms with Gasteiger partial charge in [-0.25, -0.2) is 4.68 Å². The van der Waals surface area contributed by atoms with Crippen LogP contribution >= 0.6 is 0 Å². The SMILES string of the molecule is CC(=O)[O-].Cc1ccc(Cn2ncc(N=CC3=C(c4ccccc4)[n+]4ccccc4C3)c2N)cc1. The summed E-state index contributed by atoms with van der Waals surface area (Å²) in [6, 6.07) is 25.1. The van der Waals surface area contributed by atoms with E-state index in [4.69, 9.17) is 20.6 Å². The van der Waals surface area contributed by atoms with Gasteiger partial charge in [-0.3, -0.25) is 4.99 Å². The van der Waals surface area contributed by atoms with Crippen LogP contribution in [-0.4, -0.2) is 22.0 Å². The average Bonchev–Trinajstić information content (AvgIpc) is 3.39. The molecule has 0 radical (unpaired) electrons. The second-order valence-corrected chi connectivity index (χ2v) is 8.29. The molecule has 0 saturated carbocycles. The number of carboxylic acids is 1. The van der Waals surface area contributed by atoms with Crippen LogP contribution < -0.4 is 15.4 Å². The van der Waals surface area contributed by atoms with Crippen molar-refractivity contribution < 1.29 is 14.5 Å². The third-order valence-corrected chi connectivity index (χ3v) is 5.58. The number of hydrogen-bond acceptors (Lipinski definition) is 5. The van der Waals surface area contributed by atoms with E-state index in [1.807, 2.05) is 12.3 Å². The molecule has 0 aliphatic carbocycles. The molecule has 35 heavy (non-hydrogen) atoms. The molecule has 1 aliphatic rings. The van der Waals surface area contributed by atoms with E-state index in [1.165, 1.54) is 16.8 Å². The highest BCUT2D eigenvalue weighted by Crippen LogP contribution is 2.26. The molecule has 2 aromatic carbocycles. The van der Waals surface area contributed by atoms with Crippen LogP contribution in [0.5, 0.6) is 0 Å². The maximum Gasteiger partial charge on any atom is 0.223 e. The van der Waals surface area contributed by atoms with Crippen LogP contribution in [0.25, 0.3) is 5.70 Å². The number of carbonyl (C=O) groups is 1. The minimum absolute atomic E-state index is 0.571. The Morgan fingerprint density at radius 3 is 2.51 bits per heavy atom. The van der Waals surface area contributed by atoms with Gasteiger partial charge < -0.3 is 15.6 Å². The molecule has 3 heterocycles. The molecule has 0 amide bonds. The van der Waals surface area contributed by atoms with Gasteiger partial charge in [-0.15, -0.1) is 0 Å². The second kappa shape index (κ2) is 10.6. The van der Waals surface area contributed by atoms with E-state index in [0.717, 1.165) is 30.2 Å². The molecule has 0 unspecified atom stereocenters. The number of allylic oxidation sites excluding steroid dienone is 1. The number of aliphatic imine (C=N–C) groups is 1. The first-order valence-corrected chi connectivity index (χ1v) is 11.3. The highest BCUT2D eigenvalue weighted by molar-refractivity contribution is 5.92. The highest BCUT2D eigenvalue weighted by atomic mass is 16.4. The van der Waals surface area contributed by atoms with E-state index in [0.29, 0.717) is 18.1 Å². The smallest absolute Gasteiger partial charge is 0.223 e. The fraction of sp³-hybridized carbons (Fsp3) is 0.143. The molecule has 5 rings (SSSR count). The van der Waals surface area contributed by atoms with E-state index in [-0.39, 0.29) is 0 Å². The molecule has 0 fully saturated rings. The molecule has 176 valence electrons. The van der Waals surface area contributed by atoms with Gasteiger partial charge in [0.25, 0.3) is 0 Å². The van der Waals surface area contributed by atoms with E-state index in [2.05, 4.69) is 89.5 Å². The predicted molar refractivity (Wildman–Crippen MR) is 135 cm³/mol. The zero-order valence-electron chi connectivity index (χ0n) is 19.8. The van der Waals surface area contributed by atoms with Crippen LogP contribution in [0.1, 0.15) is 29.3 Å². The Morgan fingerprint density at radius 2 is 1.80 bits per heavy atom. The third kappa shape index (κ3) is 5.70. The molecule has 1 aliphatic heterocycles. The minimum atomic E-state index is -1.08. The number of fused-ring (bicyclic) bond motifs is 1. The fourth-order valence-electron chi connectivity index (χ4n) is 3.93. The number of hydrogen-bond donors (Lipinski definition) is 1. The van der Waals surface area contributed by atoms with E-state index >= 15 is 0 Å². The number of aryl methyl sites for hydroxylation is 1. The van der Waals surface area contributed by atoms with Crippen molar-refractivity contribution in [2.45, 2.75) is 26.8 Å². The molecular weight excluding hydrogens is 438 g/mol. The number of rotatable bonds is 5. The molecule has 2 aromatic heterocycles. The second-order valence-electron chi connectivity index (χ2n) is 8.29. The van der Waals surface area contributed by atoms with Crippen molar-refractivity contribution in [3.63, 3.8) is 0 Å². The van der Waals surface area contributed by atoms with Gasteiger partial charge in [-0.2, -0.15) is 9.67 Å². The van der Waals surface area contributed by atoms with Crippen molar-refractivity contribution in [1.29, 1.82) is 0 Å². The number of nitrogens with zero attached hydrogens (tertiary/aromatic N) is 4. The lowest BCUT2D eigenvalue weighted by Crippen LogP contribution is -2.33. The Hall–Kier alpha value is -4.52. The Bertz CT molecular complexity index is 1380. The molecule has 0 saturated heterocycles. The molecule has 2 N–H and O–H groups in total. The van der Waals surface area contributed by atoms with Crippen LogP contribution in [0.3, 0.4) is 0 Å². The van der Waals surface area contributed by atoms with Crippen LogP contribution in [0.4, 0.5) is 11.5 Å². The van der Waals surface area contributed by atoms with Crippen LogP contribution in [-0.2, 0) is 17.8 Å². The molecule has 7 nitrogen and oxygen atoms in total. The number of benzene rings is 2. The van der Waals surface area contributed by atoms with E-state index in [1.54, 1.807) is 10.9 Å². The first-order chi connectivity index (χ1) is 16.9. The van der Waals surface area contributed by atoms with Gasteiger partial charge in [0, 0.05) is 29.9 Å². The summed E-state index contributed by atoms with van der Waals surface area (Å²) >= 11 is 0. The van der Waals surface area contributed by atoms with Gasteiger partial charge in [0.2, 0.25) is 5.70 Å². The fourth-order valence-corrected chi connectivity index (χ4v) is 3.93. The predicted octanol–water partition coefficient (Wildman–Crippen LogP) is 3.08. The van der Waals surface area contributed by atoms with Crippen LogP contribution in [0, 0.1) is 6.92 Å². The quantitative estimate of drug-likeness (QED) is 0.362. The average molecular weight is 466 g/mol. The number of aliphatic carboxylic acids is 1. The minimum Gasteiger partial charge on any atom is -0.550 e. The monoisotopic (exact) mass is 465 g/mol. The van der Waals surface area contributed by atoms with Gasteiger partial charge >= 0.3 is 0 Å². The number of aromatic nitrogens is 3. The highest BCUT2D eigenvalue weighted by Gasteiger charge is 2.29. The number of nitrogens with two attached hydrogens (primary N) is 1. The Labute approximate surface area is 204 Å². The summed E-state index contributed by atoms with van der Waals surface area (Å²) in [6.07, 6.45) is 6.59. The summed E-state index contributed by atoms with van der Waals surface area (Å²) in [5, 5.41) is 13.3. The van der Waals surface area contributed by atoms with Crippen molar-refractivity contribution >= 4 is 29.4 Å². The van der Waals surface area contributed by atoms with E-state index < -0.39 is 5.97 Å². The number of carbonyl (C=O) groups excluding carboxylic acids is 1. The van der Waals surface area contributed by atoms with Crippen molar-refractivity contribution in [3.8, 4) is 0 Å². The molecule has 4 aromatic rings. The topological polar surface area (TPSA) is 100 Å². The van der Waals surface area contributed by atoms with Gasteiger partial charge in [0.05, 0.1) is 24.7 Å². The van der Waals surface area contributed by atoms with E-state index in [9.17, 15) is 0 Å². The largest absolute Gasteiger partial charge is 0.550 e. The lowest BCUT2D eigenvalue weighted by Gasteiger charge is -2.05.